The molecular weight excluding hydrogens is 383 g/mol. The molecule has 24 heavy (non-hydrogen) atoms. The van der Waals surface area contributed by atoms with Gasteiger partial charge in [-0.1, -0.05) is 23.7 Å². The van der Waals surface area contributed by atoms with Gasteiger partial charge >= 0.3 is 7.60 Å². The summed E-state index contributed by atoms with van der Waals surface area (Å²) in [6.07, 6.45) is -1.83. The van der Waals surface area contributed by atoms with Gasteiger partial charge in [0.05, 0.1) is 17.2 Å². The van der Waals surface area contributed by atoms with E-state index in [1.165, 1.54) is 18.2 Å². The van der Waals surface area contributed by atoms with Gasteiger partial charge in [0.2, 0.25) is 0 Å². The Balaban J connectivity index is 2.86. The van der Waals surface area contributed by atoms with Crippen molar-refractivity contribution in [2.24, 2.45) is 0 Å². The van der Waals surface area contributed by atoms with E-state index >= 15 is 0 Å². The van der Waals surface area contributed by atoms with Crippen LogP contribution in [-0.2, 0) is 38.0 Å². The molecule has 8 nitrogen and oxygen atoms in total. The van der Waals surface area contributed by atoms with Crippen molar-refractivity contribution in [3.8, 4) is 0 Å². The summed E-state index contributed by atoms with van der Waals surface area (Å²) in [5.41, 5.74) is 0. The second kappa shape index (κ2) is 9.26. The highest BCUT2D eigenvalue weighted by atomic mass is 35.5. The van der Waals surface area contributed by atoms with Crippen molar-refractivity contribution in [2.45, 2.75) is 44.8 Å². The molecule has 0 fully saturated rings. The summed E-state index contributed by atoms with van der Waals surface area (Å²) >= 11 is 5.82. The summed E-state index contributed by atoms with van der Waals surface area (Å²) in [6, 6.07) is 5.66. The van der Waals surface area contributed by atoms with Crippen LogP contribution in [0.15, 0.2) is 29.2 Å². The Bertz CT molecular complexity index is 660. The topological polar surface area (TPSA) is 97.4 Å². The van der Waals surface area contributed by atoms with Crippen LogP contribution in [0, 0.1) is 0 Å². The fourth-order valence-electron chi connectivity index (χ4n) is 1.20. The van der Waals surface area contributed by atoms with Crippen molar-refractivity contribution in [3.63, 3.8) is 0 Å². The summed E-state index contributed by atoms with van der Waals surface area (Å²) in [4.78, 5) is 9.26. The molecule has 0 saturated carbocycles. The second-order valence-corrected chi connectivity index (χ2v) is 8.95. The zero-order valence-corrected chi connectivity index (χ0v) is 16.1. The first kappa shape index (κ1) is 21.5. The van der Waals surface area contributed by atoms with Gasteiger partial charge in [0.15, 0.2) is 6.35 Å². The van der Waals surface area contributed by atoms with Gasteiger partial charge in [-0.3, -0.25) is 8.75 Å². The first-order valence-electron chi connectivity index (χ1n) is 6.99. The molecule has 0 saturated heterocycles. The van der Waals surface area contributed by atoms with Gasteiger partial charge in [0.25, 0.3) is 10.1 Å². The van der Waals surface area contributed by atoms with Crippen LogP contribution in [0.2, 0.25) is 5.02 Å². The van der Waals surface area contributed by atoms with Gasteiger partial charge in [-0.05, 0) is 39.8 Å². The Morgan fingerprint density at radius 1 is 1.04 bits per heavy atom. The molecular formula is C13H20ClO8PS. The molecule has 0 amide bonds. The lowest BCUT2D eigenvalue weighted by Gasteiger charge is -2.18. The smallest absolute Gasteiger partial charge is 0.253 e. The Kier molecular flexibility index (Phi) is 8.31. The van der Waals surface area contributed by atoms with Crippen LogP contribution >= 0.6 is 19.2 Å². The number of hydrogen-bond donors (Lipinski definition) is 0. The zero-order chi connectivity index (χ0) is 18.4. The van der Waals surface area contributed by atoms with E-state index in [-0.39, 0.29) is 9.92 Å². The van der Waals surface area contributed by atoms with Crippen LogP contribution in [0.25, 0.3) is 0 Å². The molecule has 0 aliphatic rings. The Hall–Kier alpha value is -0.510. The highest BCUT2D eigenvalue weighted by Gasteiger charge is 2.33. The monoisotopic (exact) mass is 402 g/mol. The Morgan fingerprint density at radius 2 is 1.54 bits per heavy atom. The summed E-state index contributed by atoms with van der Waals surface area (Å²) < 4.78 is 50.9. The second-order valence-electron chi connectivity index (χ2n) is 5.18. The van der Waals surface area contributed by atoms with Gasteiger partial charge < -0.3 is 0 Å². The average Bonchev–Trinajstić information content (AvgIpc) is 2.50. The maximum atomic E-state index is 12.5. The van der Waals surface area contributed by atoms with E-state index < -0.39 is 36.3 Å². The molecule has 0 N–H and O–H groups in total. The average molecular weight is 403 g/mol. The van der Waals surface area contributed by atoms with Crippen LogP contribution in [0.5, 0.6) is 0 Å². The molecule has 0 aromatic heterocycles. The molecule has 1 aromatic rings. The van der Waals surface area contributed by atoms with Crippen molar-refractivity contribution in [3.05, 3.63) is 29.3 Å². The fraction of sp³-hybridized carbons (Fsp3) is 0.538. The summed E-state index contributed by atoms with van der Waals surface area (Å²) in [5.74, 6) is 0. The summed E-state index contributed by atoms with van der Waals surface area (Å²) in [7, 11) is -8.42. The largest absolute Gasteiger partial charge is 0.411 e. The standard InChI is InChI=1S/C13H20ClO8PS/c1-10(2)19-21-23(15,22-20-11(3)4)9-18-24(16,17)13-8-6-5-7-12(13)14/h5-8,10-11H,9H2,1-4H3. The van der Waals surface area contributed by atoms with E-state index in [1.54, 1.807) is 33.8 Å². The van der Waals surface area contributed by atoms with Gasteiger partial charge in [-0.25, -0.2) is 9.78 Å². The maximum absolute atomic E-state index is 12.5. The van der Waals surface area contributed by atoms with Crippen LogP contribution < -0.4 is 0 Å². The molecule has 11 heteroatoms. The third-order valence-corrected chi connectivity index (χ3v) is 5.18. The quantitative estimate of drug-likeness (QED) is 0.251. The third-order valence-electron chi connectivity index (χ3n) is 2.17. The molecule has 1 rings (SSSR count). The van der Waals surface area contributed by atoms with Crippen molar-refractivity contribution in [2.75, 3.05) is 6.35 Å². The van der Waals surface area contributed by atoms with Crippen LogP contribution in [-0.4, -0.2) is 27.0 Å². The van der Waals surface area contributed by atoms with Crippen molar-refractivity contribution < 1.29 is 36.3 Å². The highest BCUT2D eigenvalue weighted by Crippen LogP contribution is 2.50. The third kappa shape index (κ3) is 7.16. The molecule has 0 aliphatic heterocycles. The molecule has 0 bridgehead atoms. The lowest BCUT2D eigenvalue weighted by atomic mass is 10.4. The molecule has 1 aromatic carbocycles. The van der Waals surface area contributed by atoms with Crippen LogP contribution in [0.4, 0.5) is 0 Å². The van der Waals surface area contributed by atoms with Gasteiger partial charge in [0, 0.05) is 0 Å². The molecule has 0 unspecified atom stereocenters. The van der Waals surface area contributed by atoms with E-state index in [0.717, 1.165) is 0 Å². The lowest BCUT2D eigenvalue weighted by Crippen LogP contribution is -2.14. The molecule has 0 radical (unpaired) electrons. The minimum absolute atomic E-state index is 0.0361. The van der Waals surface area contributed by atoms with Gasteiger partial charge in [0.1, 0.15) is 4.90 Å². The molecule has 0 spiro atoms. The van der Waals surface area contributed by atoms with E-state index in [1.807, 2.05) is 0 Å². The molecule has 0 aliphatic carbocycles. The zero-order valence-electron chi connectivity index (χ0n) is 13.7. The lowest BCUT2D eigenvalue weighted by molar-refractivity contribution is -0.292. The molecule has 138 valence electrons. The van der Waals surface area contributed by atoms with E-state index in [2.05, 4.69) is 9.35 Å². The number of halogens is 1. The molecule has 0 atom stereocenters. The highest BCUT2D eigenvalue weighted by molar-refractivity contribution is 7.87. The van der Waals surface area contributed by atoms with E-state index in [4.69, 9.17) is 25.6 Å². The minimum Gasteiger partial charge on any atom is -0.253 e. The van der Waals surface area contributed by atoms with Gasteiger partial charge in [-0.2, -0.15) is 8.42 Å². The number of hydrogen-bond acceptors (Lipinski definition) is 8. The van der Waals surface area contributed by atoms with Gasteiger partial charge in [-0.15, -0.1) is 9.35 Å². The summed E-state index contributed by atoms with van der Waals surface area (Å²) in [5, 5.41) is -0.0361. The summed E-state index contributed by atoms with van der Waals surface area (Å²) in [6.45, 7) is 6.48. The fourth-order valence-corrected chi connectivity index (χ4v) is 4.09. The number of benzene rings is 1. The van der Waals surface area contributed by atoms with E-state index in [0.29, 0.717) is 0 Å². The van der Waals surface area contributed by atoms with Crippen LogP contribution in [0.1, 0.15) is 27.7 Å². The van der Waals surface area contributed by atoms with Crippen LogP contribution in [0.3, 0.4) is 0 Å². The Morgan fingerprint density at radius 3 is 2.00 bits per heavy atom. The van der Waals surface area contributed by atoms with Crippen molar-refractivity contribution >= 4 is 29.3 Å². The van der Waals surface area contributed by atoms with Crippen molar-refractivity contribution in [1.82, 2.24) is 0 Å². The van der Waals surface area contributed by atoms with E-state index in [9.17, 15) is 13.0 Å². The predicted molar refractivity (Wildman–Crippen MR) is 86.8 cm³/mol. The first-order valence-corrected chi connectivity index (χ1v) is 10.5. The predicted octanol–water partition coefficient (Wildman–Crippen LogP) is 3.91. The molecule has 0 heterocycles. The minimum atomic E-state index is -4.28. The SMILES string of the molecule is CC(C)OOP(=O)(COS(=O)(=O)c1ccccc1Cl)OOC(C)C. The number of rotatable bonds is 10. The first-order chi connectivity index (χ1) is 11.1. The maximum Gasteiger partial charge on any atom is 0.411 e. The normalized spacial score (nSPS) is 13.0. The van der Waals surface area contributed by atoms with Crippen molar-refractivity contribution in [1.29, 1.82) is 0 Å². The Labute approximate surface area is 146 Å².